The average Bonchev–Trinajstić information content (AvgIpc) is 3.85. The van der Waals surface area contributed by atoms with Gasteiger partial charge in [-0.25, -0.2) is 0 Å². The van der Waals surface area contributed by atoms with E-state index in [4.69, 9.17) is 0 Å². The molecule has 3 heteroatoms. The zero-order chi connectivity index (χ0) is 33.5. The number of rotatable bonds is 4. The highest BCUT2D eigenvalue weighted by molar-refractivity contribution is 7.25. The predicted octanol–water partition coefficient (Wildman–Crippen LogP) is 13.6. The highest BCUT2D eigenvalue weighted by atomic mass is 32.1. The first-order chi connectivity index (χ1) is 25.3. The van der Waals surface area contributed by atoms with E-state index in [1.165, 1.54) is 97.4 Å². The fraction of sp³-hybridized carbons (Fsp3) is 0.0417. The topological polar surface area (TPSA) is 9.86 Å². The summed E-state index contributed by atoms with van der Waals surface area (Å²) in [6.45, 7) is 0. The largest absolute Gasteiger partial charge is 0.309 e. The van der Waals surface area contributed by atoms with Crippen molar-refractivity contribution in [2.75, 3.05) is 0 Å². The summed E-state index contributed by atoms with van der Waals surface area (Å²) >= 11 is 1.87. The molecule has 2 nitrogen and oxygen atoms in total. The molecule has 7 aromatic carbocycles. The molecule has 0 N–H and O–H groups in total. The zero-order valence-corrected chi connectivity index (χ0v) is 28.7. The number of fused-ring (bicyclic) bond motifs is 9. The highest BCUT2D eigenvalue weighted by Crippen LogP contribution is 2.45. The molecule has 3 aromatic heterocycles. The molecule has 1 aliphatic carbocycles. The lowest BCUT2D eigenvalue weighted by Crippen LogP contribution is -1.96. The summed E-state index contributed by atoms with van der Waals surface area (Å²) in [5.74, 6) is 0. The summed E-state index contributed by atoms with van der Waals surface area (Å²) in [5.41, 5.74) is 12.4. The molecule has 0 fully saturated rings. The van der Waals surface area contributed by atoms with Crippen molar-refractivity contribution in [2.45, 2.75) is 12.8 Å². The Morgan fingerprint density at radius 3 is 1.98 bits per heavy atom. The van der Waals surface area contributed by atoms with Gasteiger partial charge in [-0.05, 0) is 102 Å². The van der Waals surface area contributed by atoms with Gasteiger partial charge >= 0.3 is 0 Å². The van der Waals surface area contributed by atoms with Crippen LogP contribution < -0.4 is 0 Å². The second-order valence-corrected chi connectivity index (χ2v) is 14.7. The van der Waals surface area contributed by atoms with E-state index in [1.807, 2.05) is 11.3 Å². The van der Waals surface area contributed by atoms with Crippen molar-refractivity contribution < 1.29 is 0 Å². The SMILES string of the molecule is C1=CC(c2c(-c3ccc4c(c3)c3ccccc3n4-c3ccccc3)ccc3c2c2ccccc2n3-c2ccc3sc4ccccc4c3c2)=CCC1. The molecule has 11 rings (SSSR count). The third-order valence-corrected chi connectivity index (χ3v) is 11.9. The van der Waals surface area contributed by atoms with E-state index in [1.54, 1.807) is 0 Å². The predicted molar refractivity (Wildman–Crippen MR) is 220 cm³/mol. The van der Waals surface area contributed by atoms with E-state index in [2.05, 4.69) is 179 Å². The minimum atomic E-state index is 1.05. The molecule has 1 aliphatic rings. The number of nitrogens with zero attached hydrogens (tertiary/aromatic N) is 2. The minimum Gasteiger partial charge on any atom is -0.309 e. The quantitative estimate of drug-likeness (QED) is 0.177. The summed E-state index contributed by atoms with van der Waals surface area (Å²) in [5, 5.41) is 7.76. The van der Waals surface area contributed by atoms with E-state index in [-0.39, 0.29) is 0 Å². The van der Waals surface area contributed by atoms with Crippen molar-refractivity contribution in [3.8, 4) is 22.5 Å². The zero-order valence-electron chi connectivity index (χ0n) is 27.9. The molecule has 0 amide bonds. The van der Waals surface area contributed by atoms with Crippen LogP contribution in [0.25, 0.3) is 91.9 Å². The molecule has 0 saturated carbocycles. The van der Waals surface area contributed by atoms with Crippen LogP contribution in [0.1, 0.15) is 18.4 Å². The Kier molecular flexibility index (Phi) is 6.28. The summed E-state index contributed by atoms with van der Waals surface area (Å²) in [7, 11) is 0. The summed E-state index contributed by atoms with van der Waals surface area (Å²) < 4.78 is 7.53. The van der Waals surface area contributed by atoms with Crippen LogP contribution in [0.15, 0.2) is 170 Å². The van der Waals surface area contributed by atoms with Crippen LogP contribution in [-0.2, 0) is 0 Å². The molecule has 0 spiro atoms. The lowest BCUT2D eigenvalue weighted by atomic mass is 9.88. The van der Waals surface area contributed by atoms with Gasteiger partial charge in [0.1, 0.15) is 0 Å². The molecule has 51 heavy (non-hydrogen) atoms. The van der Waals surface area contributed by atoms with Crippen molar-refractivity contribution in [3.05, 3.63) is 175 Å². The van der Waals surface area contributed by atoms with E-state index in [0.717, 1.165) is 12.8 Å². The van der Waals surface area contributed by atoms with Gasteiger partial charge in [0.15, 0.2) is 0 Å². The van der Waals surface area contributed by atoms with E-state index >= 15 is 0 Å². The Balaban J connectivity index is 1.20. The van der Waals surface area contributed by atoms with Crippen LogP contribution in [0.2, 0.25) is 0 Å². The summed E-state index contributed by atoms with van der Waals surface area (Å²) in [6, 6.07) is 56.0. The van der Waals surface area contributed by atoms with Crippen LogP contribution >= 0.6 is 11.3 Å². The van der Waals surface area contributed by atoms with Gasteiger partial charge in [-0.2, -0.15) is 0 Å². The number of para-hydroxylation sites is 3. The van der Waals surface area contributed by atoms with Crippen molar-refractivity contribution in [1.29, 1.82) is 0 Å². The van der Waals surface area contributed by atoms with Gasteiger partial charge in [0.25, 0.3) is 0 Å². The molecule has 10 aromatic rings. The fourth-order valence-electron chi connectivity index (χ4n) is 8.53. The Morgan fingerprint density at radius 2 is 1.14 bits per heavy atom. The number of hydrogen-bond donors (Lipinski definition) is 0. The minimum absolute atomic E-state index is 1.05. The first-order valence-corrected chi connectivity index (χ1v) is 18.6. The molecule has 0 atom stereocenters. The molecule has 240 valence electrons. The van der Waals surface area contributed by atoms with Gasteiger partial charge in [0, 0.05) is 53.1 Å². The molecule has 0 saturated heterocycles. The fourth-order valence-corrected chi connectivity index (χ4v) is 9.61. The number of benzene rings is 7. The molecule has 3 heterocycles. The van der Waals surface area contributed by atoms with Gasteiger partial charge in [-0.3, -0.25) is 0 Å². The standard InChI is InChI=1S/C48H32N2S/c1-3-13-31(14-4-1)47-35(32-23-26-43-39(29-32)36-17-7-10-20-41(36)49(43)33-15-5-2-6-16-33)25-27-44-48(47)38-19-8-11-21-42(38)50(44)34-24-28-46-40(30-34)37-18-9-12-22-45(37)51-46/h2-3,5-30H,1,4H2. The van der Waals surface area contributed by atoms with Gasteiger partial charge in [-0.1, -0.05) is 103 Å². The lowest BCUT2D eigenvalue weighted by Gasteiger charge is -2.17. The maximum absolute atomic E-state index is 2.48. The molecule has 0 bridgehead atoms. The van der Waals surface area contributed by atoms with Crippen LogP contribution in [-0.4, -0.2) is 9.13 Å². The van der Waals surface area contributed by atoms with Crippen LogP contribution in [0.3, 0.4) is 0 Å². The third kappa shape index (κ3) is 4.28. The summed E-state index contributed by atoms with van der Waals surface area (Å²) in [6.07, 6.45) is 9.25. The van der Waals surface area contributed by atoms with Crippen molar-refractivity contribution in [1.82, 2.24) is 9.13 Å². The van der Waals surface area contributed by atoms with Gasteiger partial charge in [0.2, 0.25) is 0 Å². The average molecular weight is 669 g/mol. The first-order valence-electron chi connectivity index (χ1n) is 17.8. The number of aromatic nitrogens is 2. The van der Waals surface area contributed by atoms with Crippen molar-refractivity contribution >= 4 is 80.7 Å². The van der Waals surface area contributed by atoms with E-state index < -0.39 is 0 Å². The smallest absolute Gasteiger partial charge is 0.0547 e. The monoisotopic (exact) mass is 668 g/mol. The second kappa shape index (κ2) is 11.2. The second-order valence-electron chi connectivity index (χ2n) is 13.6. The van der Waals surface area contributed by atoms with Crippen LogP contribution in [0.4, 0.5) is 0 Å². The third-order valence-electron chi connectivity index (χ3n) is 10.7. The maximum atomic E-state index is 2.48. The van der Waals surface area contributed by atoms with Crippen LogP contribution in [0.5, 0.6) is 0 Å². The van der Waals surface area contributed by atoms with E-state index in [0.29, 0.717) is 0 Å². The van der Waals surface area contributed by atoms with Gasteiger partial charge in [0.05, 0.1) is 22.1 Å². The number of thiophene rings is 1. The molecule has 0 aliphatic heterocycles. The molecular weight excluding hydrogens is 637 g/mol. The Morgan fingerprint density at radius 1 is 0.451 bits per heavy atom. The Bertz CT molecular complexity index is 3070. The summed E-state index contributed by atoms with van der Waals surface area (Å²) in [4.78, 5) is 0. The van der Waals surface area contributed by atoms with Crippen LogP contribution in [0, 0.1) is 0 Å². The number of allylic oxidation sites excluding steroid dienone is 4. The highest BCUT2D eigenvalue weighted by Gasteiger charge is 2.22. The normalized spacial score (nSPS) is 13.4. The number of hydrogen-bond acceptors (Lipinski definition) is 1. The Hall–Kier alpha value is -6.16. The molecular formula is C48H32N2S. The first kappa shape index (κ1) is 28.7. The molecule has 0 unspecified atom stereocenters. The van der Waals surface area contributed by atoms with Crippen molar-refractivity contribution in [2.24, 2.45) is 0 Å². The lowest BCUT2D eigenvalue weighted by molar-refractivity contribution is 1.04. The Labute approximate surface area is 299 Å². The molecule has 0 radical (unpaired) electrons. The maximum Gasteiger partial charge on any atom is 0.0547 e. The van der Waals surface area contributed by atoms with Crippen molar-refractivity contribution in [3.63, 3.8) is 0 Å². The van der Waals surface area contributed by atoms with E-state index in [9.17, 15) is 0 Å². The van der Waals surface area contributed by atoms with Gasteiger partial charge < -0.3 is 9.13 Å². The van der Waals surface area contributed by atoms with Gasteiger partial charge in [-0.15, -0.1) is 11.3 Å².